The maximum Gasteiger partial charge on any atom is 0.222 e. The predicted molar refractivity (Wildman–Crippen MR) is 77.6 cm³/mol. The third-order valence-corrected chi connectivity index (χ3v) is 3.84. The molecular weight excluding hydrogens is 238 g/mol. The SMILES string of the molecule is CCNc1ncnc(OC2CCC(C)CC2)c1CC. The second kappa shape index (κ2) is 6.73. The van der Waals surface area contributed by atoms with Gasteiger partial charge in [0.25, 0.3) is 0 Å². The Labute approximate surface area is 116 Å². The molecule has 2 rings (SSSR count). The monoisotopic (exact) mass is 263 g/mol. The Kier molecular flexibility index (Phi) is 5.00. The van der Waals surface area contributed by atoms with Gasteiger partial charge in [-0.25, -0.2) is 9.97 Å². The first kappa shape index (κ1) is 14.1. The van der Waals surface area contributed by atoms with Gasteiger partial charge < -0.3 is 10.1 Å². The first-order chi connectivity index (χ1) is 9.24. The zero-order valence-electron chi connectivity index (χ0n) is 12.3. The van der Waals surface area contributed by atoms with E-state index in [4.69, 9.17) is 4.74 Å². The Hall–Kier alpha value is -1.32. The van der Waals surface area contributed by atoms with Crippen molar-refractivity contribution >= 4 is 5.82 Å². The quantitative estimate of drug-likeness (QED) is 0.884. The molecule has 1 aliphatic rings. The molecule has 1 fully saturated rings. The van der Waals surface area contributed by atoms with E-state index < -0.39 is 0 Å². The van der Waals surface area contributed by atoms with Crippen molar-refractivity contribution in [1.29, 1.82) is 0 Å². The summed E-state index contributed by atoms with van der Waals surface area (Å²) in [5.41, 5.74) is 1.10. The van der Waals surface area contributed by atoms with E-state index in [1.165, 1.54) is 12.8 Å². The molecule has 106 valence electrons. The number of hydrogen-bond donors (Lipinski definition) is 1. The van der Waals surface area contributed by atoms with Crippen molar-refractivity contribution in [2.45, 2.75) is 59.0 Å². The predicted octanol–water partition coefficient (Wildman–Crippen LogP) is 3.43. The Balaban J connectivity index is 2.08. The van der Waals surface area contributed by atoms with Crippen LogP contribution in [0, 0.1) is 5.92 Å². The number of nitrogens with one attached hydrogen (secondary N) is 1. The van der Waals surface area contributed by atoms with Gasteiger partial charge in [0.1, 0.15) is 18.2 Å². The normalized spacial score (nSPS) is 23.1. The topological polar surface area (TPSA) is 47.0 Å². The van der Waals surface area contributed by atoms with E-state index in [0.717, 1.165) is 49.0 Å². The van der Waals surface area contributed by atoms with Gasteiger partial charge in [-0.3, -0.25) is 0 Å². The summed E-state index contributed by atoms with van der Waals surface area (Å²) in [6.45, 7) is 7.38. The molecule has 4 nitrogen and oxygen atoms in total. The summed E-state index contributed by atoms with van der Waals surface area (Å²) in [5.74, 6) is 2.53. The minimum absolute atomic E-state index is 0.325. The molecule has 0 aliphatic heterocycles. The average molecular weight is 263 g/mol. The van der Waals surface area contributed by atoms with Gasteiger partial charge >= 0.3 is 0 Å². The van der Waals surface area contributed by atoms with Gasteiger partial charge in [0, 0.05) is 6.54 Å². The zero-order chi connectivity index (χ0) is 13.7. The van der Waals surface area contributed by atoms with Gasteiger partial charge in [-0.15, -0.1) is 0 Å². The molecule has 0 radical (unpaired) electrons. The molecular formula is C15H25N3O. The average Bonchev–Trinajstić information content (AvgIpc) is 2.42. The maximum atomic E-state index is 6.12. The molecule has 1 aromatic heterocycles. The van der Waals surface area contributed by atoms with Crippen LogP contribution >= 0.6 is 0 Å². The van der Waals surface area contributed by atoms with Crippen molar-refractivity contribution in [3.05, 3.63) is 11.9 Å². The van der Waals surface area contributed by atoms with E-state index in [0.29, 0.717) is 6.10 Å². The lowest BCUT2D eigenvalue weighted by Crippen LogP contribution is -2.24. The number of hydrogen-bond acceptors (Lipinski definition) is 4. The molecule has 1 aromatic rings. The highest BCUT2D eigenvalue weighted by Gasteiger charge is 2.21. The minimum atomic E-state index is 0.325. The number of anilines is 1. The molecule has 0 amide bonds. The summed E-state index contributed by atoms with van der Waals surface area (Å²) in [6.07, 6.45) is 7.62. The largest absolute Gasteiger partial charge is 0.474 e. The first-order valence-electron chi connectivity index (χ1n) is 7.49. The lowest BCUT2D eigenvalue weighted by molar-refractivity contribution is 0.129. The van der Waals surface area contributed by atoms with Crippen molar-refractivity contribution in [3.63, 3.8) is 0 Å². The Bertz CT molecular complexity index is 400. The summed E-state index contributed by atoms with van der Waals surface area (Å²) in [6, 6.07) is 0. The number of aromatic nitrogens is 2. The molecule has 1 aliphatic carbocycles. The first-order valence-corrected chi connectivity index (χ1v) is 7.49. The highest BCUT2D eigenvalue weighted by Crippen LogP contribution is 2.29. The molecule has 4 heteroatoms. The Morgan fingerprint density at radius 3 is 2.58 bits per heavy atom. The molecule has 0 spiro atoms. The van der Waals surface area contributed by atoms with Gasteiger partial charge in [-0.2, -0.15) is 0 Å². The zero-order valence-corrected chi connectivity index (χ0v) is 12.3. The van der Waals surface area contributed by atoms with Gasteiger partial charge in [0.05, 0.1) is 5.56 Å². The van der Waals surface area contributed by atoms with E-state index in [9.17, 15) is 0 Å². The lowest BCUT2D eigenvalue weighted by atomic mass is 9.89. The van der Waals surface area contributed by atoms with Crippen LogP contribution in [0.3, 0.4) is 0 Å². The van der Waals surface area contributed by atoms with Crippen molar-refractivity contribution < 1.29 is 4.74 Å². The van der Waals surface area contributed by atoms with Crippen LogP contribution in [-0.2, 0) is 6.42 Å². The summed E-state index contributed by atoms with van der Waals surface area (Å²) in [5, 5.41) is 3.28. The molecule has 1 heterocycles. The van der Waals surface area contributed by atoms with Crippen LogP contribution in [0.1, 0.15) is 52.0 Å². The van der Waals surface area contributed by atoms with Crippen LogP contribution in [-0.4, -0.2) is 22.6 Å². The van der Waals surface area contributed by atoms with Gasteiger partial charge in [0.2, 0.25) is 5.88 Å². The molecule has 0 bridgehead atoms. The van der Waals surface area contributed by atoms with Gasteiger partial charge in [-0.05, 0) is 44.9 Å². The fraction of sp³-hybridized carbons (Fsp3) is 0.733. The van der Waals surface area contributed by atoms with E-state index in [1.807, 2.05) is 0 Å². The summed E-state index contributed by atoms with van der Waals surface area (Å²) in [4.78, 5) is 8.64. The van der Waals surface area contributed by atoms with Crippen molar-refractivity contribution in [2.75, 3.05) is 11.9 Å². The molecule has 0 aromatic carbocycles. The minimum Gasteiger partial charge on any atom is -0.474 e. The molecule has 1 saturated carbocycles. The van der Waals surface area contributed by atoms with Crippen molar-refractivity contribution in [2.24, 2.45) is 5.92 Å². The highest BCUT2D eigenvalue weighted by atomic mass is 16.5. The number of rotatable bonds is 5. The van der Waals surface area contributed by atoms with E-state index in [2.05, 4.69) is 36.1 Å². The molecule has 19 heavy (non-hydrogen) atoms. The van der Waals surface area contributed by atoms with Crippen molar-refractivity contribution in [3.8, 4) is 5.88 Å². The molecule has 0 saturated heterocycles. The lowest BCUT2D eigenvalue weighted by Gasteiger charge is -2.27. The van der Waals surface area contributed by atoms with E-state index in [-0.39, 0.29) is 0 Å². The van der Waals surface area contributed by atoms with Gasteiger partial charge in [-0.1, -0.05) is 13.8 Å². The third kappa shape index (κ3) is 3.58. The fourth-order valence-corrected chi connectivity index (χ4v) is 2.64. The van der Waals surface area contributed by atoms with Crippen LogP contribution in [0.5, 0.6) is 5.88 Å². The molecule has 0 unspecified atom stereocenters. The van der Waals surface area contributed by atoms with Crippen LogP contribution in [0.2, 0.25) is 0 Å². The number of nitrogens with zero attached hydrogens (tertiary/aromatic N) is 2. The Morgan fingerprint density at radius 1 is 1.21 bits per heavy atom. The summed E-state index contributed by atoms with van der Waals surface area (Å²) >= 11 is 0. The second-order valence-electron chi connectivity index (χ2n) is 5.39. The van der Waals surface area contributed by atoms with E-state index >= 15 is 0 Å². The second-order valence-corrected chi connectivity index (χ2v) is 5.39. The van der Waals surface area contributed by atoms with Crippen LogP contribution in [0.15, 0.2) is 6.33 Å². The maximum absolute atomic E-state index is 6.12. The highest BCUT2D eigenvalue weighted by molar-refractivity contribution is 5.48. The third-order valence-electron chi connectivity index (χ3n) is 3.84. The molecule has 1 N–H and O–H groups in total. The van der Waals surface area contributed by atoms with E-state index in [1.54, 1.807) is 6.33 Å². The summed E-state index contributed by atoms with van der Waals surface area (Å²) < 4.78 is 6.12. The van der Waals surface area contributed by atoms with Crippen LogP contribution in [0.25, 0.3) is 0 Å². The smallest absolute Gasteiger partial charge is 0.222 e. The van der Waals surface area contributed by atoms with Gasteiger partial charge in [0.15, 0.2) is 0 Å². The number of ether oxygens (including phenoxy) is 1. The van der Waals surface area contributed by atoms with Crippen molar-refractivity contribution in [1.82, 2.24) is 9.97 Å². The van der Waals surface area contributed by atoms with Crippen LogP contribution < -0.4 is 10.1 Å². The summed E-state index contributed by atoms with van der Waals surface area (Å²) in [7, 11) is 0. The van der Waals surface area contributed by atoms with Crippen LogP contribution in [0.4, 0.5) is 5.82 Å². The fourth-order valence-electron chi connectivity index (χ4n) is 2.64. The Morgan fingerprint density at radius 2 is 1.95 bits per heavy atom. The standard InChI is InChI=1S/C15H25N3O/c1-4-13-14(16-5-2)17-10-18-15(13)19-12-8-6-11(3)7-9-12/h10-12H,4-9H2,1-3H3,(H,16,17,18). The molecule has 0 atom stereocenters.